The van der Waals surface area contributed by atoms with Gasteiger partial charge < -0.3 is 10.2 Å². The van der Waals surface area contributed by atoms with E-state index in [0.717, 1.165) is 38.1 Å². The first-order chi connectivity index (χ1) is 12.2. The van der Waals surface area contributed by atoms with Crippen LogP contribution in [0.25, 0.3) is 0 Å². The van der Waals surface area contributed by atoms with E-state index in [0.29, 0.717) is 18.1 Å². The molecule has 4 fully saturated rings. The van der Waals surface area contributed by atoms with Crippen LogP contribution in [-0.4, -0.2) is 47.0 Å². The molecule has 2 saturated carbocycles. The highest BCUT2D eigenvalue weighted by atomic mass is 16.2. The van der Waals surface area contributed by atoms with Gasteiger partial charge in [-0.1, -0.05) is 38.5 Å². The lowest BCUT2D eigenvalue weighted by atomic mass is 9.80. The van der Waals surface area contributed by atoms with Crippen LogP contribution in [0.5, 0.6) is 0 Å². The van der Waals surface area contributed by atoms with Gasteiger partial charge >= 0.3 is 6.03 Å². The minimum absolute atomic E-state index is 0.121. The number of aliphatic imine (C=N–C) groups is 1. The van der Waals surface area contributed by atoms with Crippen molar-refractivity contribution in [3.63, 3.8) is 0 Å². The Bertz CT molecular complexity index is 522. The van der Waals surface area contributed by atoms with Crippen molar-refractivity contribution in [2.75, 3.05) is 6.54 Å². The molecule has 2 atom stereocenters. The Kier molecular flexibility index (Phi) is 5.03. The molecule has 2 N–H and O–H groups in total. The van der Waals surface area contributed by atoms with E-state index >= 15 is 0 Å². The van der Waals surface area contributed by atoms with Crippen LogP contribution in [0.15, 0.2) is 4.99 Å². The van der Waals surface area contributed by atoms with Crippen LogP contribution < -0.4 is 10.6 Å². The molecule has 5 heteroatoms. The first-order valence-corrected chi connectivity index (χ1v) is 10.6. The standard InChI is InChI=1S/C20H34N4O/c1-15-14-20(12-13-21-15)18(22-16-8-4-2-5-9-16)23-19(25)24(20)17-10-6-3-7-11-17/h15-17,21H,2-14H2,1H3,(H,22,23,25). The average Bonchev–Trinajstić information content (AvgIpc) is 2.87. The van der Waals surface area contributed by atoms with Gasteiger partial charge in [0.25, 0.3) is 0 Å². The summed E-state index contributed by atoms with van der Waals surface area (Å²) in [4.78, 5) is 20.4. The van der Waals surface area contributed by atoms with Gasteiger partial charge in [0.05, 0.1) is 6.04 Å². The lowest BCUT2D eigenvalue weighted by Gasteiger charge is -2.47. The molecule has 2 aliphatic heterocycles. The second-order valence-corrected chi connectivity index (χ2v) is 8.70. The second kappa shape index (κ2) is 7.26. The lowest BCUT2D eigenvalue weighted by molar-refractivity contribution is 0.0867. The number of carbonyl (C=O) groups excluding carboxylic acids is 1. The van der Waals surface area contributed by atoms with Crippen molar-refractivity contribution in [2.24, 2.45) is 4.99 Å². The highest BCUT2D eigenvalue weighted by Gasteiger charge is 2.54. The molecule has 0 aromatic heterocycles. The van der Waals surface area contributed by atoms with Gasteiger partial charge in [-0.15, -0.1) is 0 Å². The zero-order chi connectivity index (χ0) is 17.3. The Hall–Kier alpha value is -1.10. The van der Waals surface area contributed by atoms with Gasteiger partial charge in [-0.2, -0.15) is 0 Å². The predicted molar refractivity (Wildman–Crippen MR) is 101 cm³/mol. The molecule has 0 aromatic carbocycles. The fourth-order valence-electron chi connectivity index (χ4n) is 5.63. The van der Waals surface area contributed by atoms with Crippen LogP contribution in [0, 0.1) is 0 Å². The predicted octanol–water partition coefficient (Wildman–Crippen LogP) is 3.59. The molecule has 0 radical (unpaired) electrons. The maximum absolute atomic E-state index is 13.0. The molecule has 4 rings (SSSR count). The molecule has 1 spiro atoms. The molecule has 4 aliphatic rings. The van der Waals surface area contributed by atoms with Crippen molar-refractivity contribution in [3.05, 3.63) is 0 Å². The summed E-state index contributed by atoms with van der Waals surface area (Å²) in [6.45, 7) is 3.23. The molecule has 2 saturated heterocycles. The Balaban J connectivity index is 1.65. The number of rotatable bonds is 2. The number of hydrogen-bond donors (Lipinski definition) is 2. The van der Waals surface area contributed by atoms with Crippen molar-refractivity contribution in [2.45, 2.75) is 108 Å². The highest BCUT2D eigenvalue weighted by molar-refractivity contribution is 6.10. The molecule has 2 unspecified atom stereocenters. The first-order valence-electron chi connectivity index (χ1n) is 10.6. The van der Waals surface area contributed by atoms with Crippen LogP contribution in [0.4, 0.5) is 4.79 Å². The SMILES string of the molecule is CC1CC2(CCN1)C(=NC1CCCCC1)NC(=O)N2C1CCCCC1. The third-order valence-electron chi connectivity index (χ3n) is 6.85. The van der Waals surface area contributed by atoms with Gasteiger partial charge in [-0.3, -0.25) is 10.3 Å². The van der Waals surface area contributed by atoms with Crippen LogP contribution in [0.1, 0.15) is 84.0 Å². The number of piperidine rings is 1. The number of urea groups is 1. The fraction of sp³-hybridized carbons (Fsp3) is 0.900. The van der Waals surface area contributed by atoms with Crippen molar-refractivity contribution < 1.29 is 4.79 Å². The second-order valence-electron chi connectivity index (χ2n) is 8.70. The molecule has 2 amide bonds. The summed E-state index contributed by atoms with van der Waals surface area (Å²) in [7, 11) is 0. The maximum Gasteiger partial charge on any atom is 0.323 e. The summed E-state index contributed by atoms with van der Waals surface area (Å²) < 4.78 is 0. The van der Waals surface area contributed by atoms with Crippen molar-refractivity contribution >= 4 is 11.9 Å². The normalized spacial score (nSPS) is 37.0. The molecule has 140 valence electrons. The maximum atomic E-state index is 13.0. The van der Waals surface area contributed by atoms with Crippen LogP contribution in [0.3, 0.4) is 0 Å². The Morgan fingerprint density at radius 3 is 2.40 bits per heavy atom. The molecule has 0 bridgehead atoms. The highest BCUT2D eigenvalue weighted by Crippen LogP contribution is 2.39. The summed E-state index contributed by atoms with van der Waals surface area (Å²) in [6, 6.07) is 1.37. The monoisotopic (exact) mass is 346 g/mol. The number of amidine groups is 1. The molecule has 25 heavy (non-hydrogen) atoms. The summed E-state index contributed by atoms with van der Waals surface area (Å²) in [6.07, 6.45) is 14.4. The molecular weight excluding hydrogens is 312 g/mol. The van der Waals surface area contributed by atoms with Crippen molar-refractivity contribution in [1.29, 1.82) is 0 Å². The molecule has 2 aliphatic carbocycles. The van der Waals surface area contributed by atoms with E-state index in [-0.39, 0.29) is 11.6 Å². The third kappa shape index (κ3) is 3.32. The topological polar surface area (TPSA) is 56.7 Å². The van der Waals surface area contributed by atoms with Crippen LogP contribution in [-0.2, 0) is 0 Å². The summed E-state index contributed by atoms with van der Waals surface area (Å²) >= 11 is 0. The van der Waals surface area contributed by atoms with Gasteiger partial charge in [0, 0.05) is 12.1 Å². The van der Waals surface area contributed by atoms with Crippen LogP contribution in [0.2, 0.25) is 0 Å². The minimum Gasteiger partial charge on any atom is -0.314 e. The zero-order valence-electron chi connectivity index (χ0n) is 15.7. The summed E-state index contributed by atoms with van der Waals surface area (Å²) in [5, 5.41) is 6.81. The van der Waals surface area contributed by atoms with E-state index in [1.807, 2.05) is 0 Å². The lowest BCUT2D eigenvalue weighted by Crippen LogP contribution is -2.61. The number of nitrogens with one attached hydrogen (secondary N) is 2. The smallest absolute Gasteiger partial charge is 0.314 e. The molecule has 5 nitrogen and oxygen atoms in total. The Labute approximate surface area is 152 Å². The van der Waals surface area contributed by atoms with Gasteiger partial charge in [-0.25, -0.2) is 4.79 Å². The van der Waals surface area contributed by atoms with E-state index in [9.17, 15) is 4.79 Å². The number of nitrogens with zero attached hydrogens (tertiary/aromatic N) is 2. The van der Waals surface area contributed by atoms with E-state index in [2.05, 4.69) is 22.5 Å². The minimum atomic E-state index is -0.179. The molecule has 0 aromatic rings. The summed E-state index contributed by atoms with van der Waals surface area (Å²) in [5.41, 5.74) is -0.179. The molecular formula is C20H34N4O. The number of hydrogen-bond acceptors (Lipinski definition) is 3. The van der Waals surface area contributed by atoms with E-state index in [4.69, 9.17) is 4.99 Å². The fourth-order valence-corrected chi connectivity index (χ4v) is 5.63. The van der Waals surface area contributed by atoms with Gasteiger partial charge in [-0.05, 0) is 52.0 Å². The summed E-state index contributed by atoms with van der Waals surface area (Å²) in [5.74, 6) is 1.00. The number of amides is 2. The van der Waals surface area contributed by atoms with Crippen molar-refractivity contribution in [1.82, 2.24) is 15.5 Å². The van der Waals surface area contributed by atoms with Crippen molar-refractivity contribution in [3.8, 4) is 0 Å². The van der Waals surface area contributed by atoms with Crippen LogP contribution >= 0.6 is 0 Å². The van der Waals surface area contributed by atoms with Gasteiger partial charge in [0.2, 0.25) is 0 Å². The number of carbonyl (C=O) groups is 1. The van der Waals surface area contributed by atoms with Gasteiger partial charge in [0.15, 0.2) is 0 Å². The van der Waals surface area contributed by atoms with E-state index in [1.54, 1.807) is 0 Å². The van der Waals surface area contributed by atoms with Gasteiger partial charge in [0.1, 0.15) is 11.4 Å². The Morgan fingerprint density at radius 1 is 1.04 bits per heavy atom. The first kappa shape index (κ1) is 17.3. The van der Waals surface area contributed by atoms with E-state index < -0.39 is 0 Å². The average molecular weight is 347 g/mol. The Morgan fingerprint density at radius 2 is 1.72 bits per heavy atom. The quantitative estimate of drug-likeness (QED) is 0.803. The molecule has 2 heterocycles. The van der Waals surface area contributed by atoms with E-state index in [1.165, 1.54) is 51.4 Å². The zero-order valence-corrected chi connectivity index (χ0v) is 15.7. The third-order valence-corrected chi connectivity index (χ3v) is 6.85. The largest absolute Gasteiger partial charge is 0.323 e.